The molecule has 0 aliphatic rings. The Labute approximate surface area is 93.1 Å². The lowest BCUT2D eigenvalue weighted by Crippen LogP contribution is -1.94. The first-order chi connectivity index (χ1) is 7.19. The Morgan fingerprint density at radius 2 is 2.00 bits per heavy atom. The molecule has 0 saturated carbocycles. The Morgan fingerprint density at radius 3 is 2.60 bits per heavy atom. The number of hydrogen-bond acceptors (Lipinski definition) is 1. The van der Waals surface area contributed by atoms with Crippen LogP contribution in [0.3, 0.4) is 0 Å². The van der Waals surface area contributed by atoms with Gasteiger partial charge in [0.2, 0.25) is 0 Å². The molecule has 1 aromatic carbocycles. The third-order valence-electron chi connectivity index (χ3n) is 3.08. The fourth-order valence-electron chi connectivity index (χ4n) is 1.72. The molecule has 1 aromatic rings. The Balaban J connectivity index is 2.84. The van der Waals surface area contributed by atoms with E-state index in [1.54, 1.807) is 0 Å². The Bertz CT molecular complexity index is 304. The topological polar surface area (TPSA) is 20.2 Å². The van der Waals surface area contributed by atoms with Gasteiger partial charge < -0.3 is 5.11 Å². The number of aryl methyl sites for hydroxylation is 1. The van der Waals surface area contributed by atoms with Crippen molar-refractivity contribution >= 4 is 0 Å². The summed E-state index contributed by atoms with van der Waals surface area (Å²) in [5, 5.41) is 9.72. The molecule has 0 aliphatic heterocycles. The van der Waals surface area contributed by atoms with Gasteiger partial charge in [-0.1, -0.05) is 39.3 Å². The zero-order valence-electron chi connectivity index (χ0n) is 10.1. The minimum Gasteiger partial charge on any atom is -0.508 e. The summed E-state index contributed by atoms with van der Waals surface area (Å²) >= 11 is 0. The molecule has 0 saturated heterocycles. The monoisotopic (exact) mass is 206 g/mol. The average molecular weight is 206 g/mol. The molecule has 0 spiro atoms. The zero-order valence-corrected chi connectivity index (χ0v) is 10.1. The van der Waals surface area contributed by atoms with Gasteiger partial charge in [-0.05, 0) is 42.4 Å². The smallest absolute Gasteiger partial charge is 0.118 e. The van der Waals surface area contributed by atoms with E-state index in [1.807, 2.05) is 12.1 Å². The van der Waals surface area contributed by atoms with Gasteiger partial charge in [0.15, 0.2) is 0 Å². The van der Waals surface area contributed by atoms with Crippen LogP contribution in [-0.2, 0) is 6.42 Å². The maximum absolute atomic E-state index is 9.72. The highest BCUT2D eigenvalue weighted by atomic mass is 16.3. The zero-order chi connectivity index (χ0) is 11.3. The Hall–Kier alpha value is -0.980. The molecule has 0 heterocycles. The highest BCUT2D eigenvalue weighted by molar-refractivity contribution is 5.37. The third-order valence-corrected chi connectivity index (χ3v) is 3.08. The Kier molecular flexibility index (Phi) is 4.67. The van der Waals surface area contributed by atoms with Crippen molar-refractivity contribution in [2.45, 2.75) is 52.4 Å². The van der Waals surface area contributed by atoms with E-state index in [2.05, 4.69) is 26.8 Å². The summed E-state index contributed by atoms with van der Waals surface area (Å²) < 4.78 is 0. The van der Waals surface area contributed by atoms with Crippen LogP contribution in [0.25, 0.3) is 0 Å². The molecular weight excluding hydrogens is 184 g/mol. The second-order valence-corrected chi connectivity index (χ2v) is 4.30. The van der Waals surface area contributed by atoms with Gasteiger partial charge in [-0.3, -0.25) is 0 Å². The molecule has 0 amide bonds. The predicted molar refractivity (Wildman–Crippen MR) is 65.4 cm³/mol. The summed E-state index contributed by atoms with van der Waals surface area (Å²) in [6, 6.07) is 6.05. The first-order valence-corrected chi connectivity index (χ1v) is 6.00. The number of benzene rings is 1. The van der Waals surface area contributed by atoms with Crippen molar-refractivity contribution < 1.29 is 5.11 Å². The maximum atomic E-state index is 9.72. The molecule has 15 heavy (non-hydrogen) atoms. The van der Waals surface area contributed by atoms with Crippen LogP contribution in [0.2, 0.25) is 0 Å². The van der Waals surface area contributed by atoms with E-state index in [-0.39, 0.29) is 0 Å². The van der Waals surface area contributed by atoms with Crippen LogP contribution in [0.15, 0.2) is 18.2 Å². The molecule has 0 bridgehead atoms. The molecule has 0 radical (unpaired) electrons. The Morgan fingerprint density at radius 1 is 1.27 bits per heavy atom. The highest BCUT2D eigenvalue weighted by Gasteiger charge is 2.06. The van der Waals surface area contributed by atoms with Gasteiger partial charge in [0.25, 0.3) is 0 Å². The third kappa shape index (κ3) is 3.26. The van der Waals surface area contributed by atoms with Crippen LogP contribution in [-0.4, -0.2) is 5.11 Å². The summed E-state index contributed by atoms with van der Waals surface area (Å²) in [6.07, 6.45) is 4.47. The first kappa shape index (κ1) is 12.1. The molecule has 1 N–H and O–H groups in total. The minimum atomic E-state index is 0.454. The van der Waals surface area contributed by atoms with Gasteiger partial charge in [0.05, 0.1) is 0 Å². The lowest BCUT2D eigenvalue weighted by Gasteiger charge is -2.12. The van der Waals surface area contributed by atoms with Crippen molar-refractivity contribution in [2.75, 3.05) is 0 Å². The van der Waals surface area contributed by atoms with E-state index < -0.39 is 0 Å². The van der Waals surface area contributed by atoms with Crippen LogP contribution >= 0.6 is 0 Å². The summed E-state index contributed by atoms with van der Waals surface area (Å²) in [5.74, 6) is 1.04. The largest absolute Gasteiger partial charge is 0.508 e. The van der Waals surface area contributed by atoms with Crippen LogP contribution in [0.1, 0.15) is 57.1 Å². The number of aromatic hydroxyl groups is 1. The number of rotatable bonds is 5. The van der Waals surface area contributed by atoms with Crippen molar-refractivity contribution in [3.05, 3.63) is 29.3 Å². The van der Waals surface area contributed by atoms with Crippen molar-refractivity contribution in [2.24, 2.45) is 0 Å². The van der Waals surface area contributed by atoms with Crippen LogP contribution in [0, 0.1) is 0 Å². The predicted octanol–water partition coefficient (Wildman–Crippen LogP) is 4.25. The van der Waals surface area contributed by atoms with Gasteiger partial charge in [0, 0.05) is 0 Å². The highest BCUT2D eigenvalue weighted by Crippen LogP contribution is 2.26. The number of phenols is 1. The second-order valence-electron chi connectivity index (χ2n) is 4.30. The van der Waals surface area contributed by atoms with E-state index in [1.165, 1.54) is 12.0 Å². The second kappa shape index (κ2) is 5.79. The van der Waals surface area contributed by atoms with E-state index in [0.29, 0.717) is 11.7 Å². The summed E-state index contributed by atoms with van der Waals surface area (Å²) in [5.41, 5.74) is 2.45. The van der Waals surface area contributed by atoms with Crippen molar-refractivity contribution in [3.8, 4) is 5.75 Å². The molecule has 1 atom stereocenters. The van der Waals surface area contributed by atoms with E-state index in [4.69, 9.17) is 0 Å². The lowest BCUT2D eigenvalue weighted by atomic mass is 9.95. The fraction of sp³-hybridized carbons (Fsp3) is 0.571. The van der Waals surface area contributed by atoms with Crippen molar-refractivity contribution in [1.82, 2.24) is 0 Å². The van der Waals surface area contributed by atoms with Crippen LogP contribution in [0.4, 0.5) is 0 Å². The lowest BCUT2D eigenvalue weighted by molar-refractivity contribution is 0.466. The number of unbranched alkanes of at least 4 members (excludes halogenated alkanes) is 1. The van der Waals surface area contributed by atoms with Gasteiger partial charge >= 0.3 is 0 Å². The summed E-state index contributed by atoms with van der Waals surface area (Å²) in [4.78, 5) is 0. The maximum Gasteiger partial charge on any atom is 0.118 e. The molecular formula is C14H22O. The number of phenolic OH excluding ortho intramolecular Hbond substituents is 1. The van der Waals surface area contributed by atoms with Crippen LogP contribution in [0.5, 0.6) is 5.75 Å². The van der Waals surface area contributed by atoms with Gasteiger partial charge in [-0.2, -0.15) is 0 Å². The average Bonchev–Trinajstić information content (AvgIpc) is 2.27. The fourth-order valence-corrected chi connectivity index (χ4v) is 1.72. The van der Waals surface area contributed by atoms with Gasteiger partial charge in [-0.15, -0.1) is 0 Å². The molecule has 1 heteroatoms. The van der Waals surface area contributed by atoms with E-state index in [9.17, 15) is 5.11 Å². The molecule has 0 aliphatic carbocycles. The molecule has 1 unspecified atom stereocenters. The molecule has 0 fully saturated rings. The number of hydrogen-bond donors (Lipinski definition) is 1. The van der Waals surface area contributed by atoms with Crippen LogP contribution < -0.4 is 0 Å². The molecule has 0 aromatic heterocycles. The standard InChI is InChI=1S/C14H22O/c1-4-6-7-13-10-12(11(3)5-2)8-9-14(13)15/h8-11,15H,4-7H2,1-3H3. The summed E-state index contributed by atoms with van der Waals surface area (Å²) in [7, 11) is 0. The van der Waals surface area contributed by atoms with Crippen molar-refractivity contribution in [1.29, 1.82) is 0 Å². The quantitative estimate of drug-likeness (QED) is 0.763. The molecule has 1 nitrogen and oxygen atoms in total. The minimum absolute atomic E-state index is 0.454. The van der Waals surface area contributed by atoms with Gasteiger partial charge in [0.1, 0.15) is 5.75 Å². The summed E-state index contributed by atoms with van der Waals surface area (Å²) in [6.45, 7) is 6.61. The SMILES string of the molecule is CCCCc1cc(C(C)CC)ccc1O. The van der Waals surface area contributed by atoms with Crippen molar-refractivity contribution in [3.63, 3.8) is 0 Å². The molecule has 1 rings (SSSR count). The molecule has 84 valence electrons. The normalized spacial score (nSPS) is 12.7. The van der Waals surface area contributed by atoms with E-state index >= 15 is 0 Å². The van der Waals surface area contributed by atoms with Gasteiger partial charge in [-0.25, -0.2) is 0 Å². The first-order valence-electron chi connectivity index (χ1n) is 6.00. The van der Waals surface area contributed by atoms with E-state index in [0.717, 1.165) is 24.8 Å².